The molecule has 1 aliphatic rings. The Morgan fingerprint density at radius 2 is 2.19 bits per heavy atom. The molecule has 1 amide bonds. The molecule has 0 aromatic heterocycles. The summed E-state index contributed by atoms with van der Waals surface area (Å²) in [6.45, 7) is 4.22. The highest BCUT2D eigenvalue weighted by molar-refractivity contribution is 7.91. The Hall–Kier alpha value is -1.40. The molecule has 2 atom stereocenters. The number of anilines is 1. The van der Waals surface area contributed by atoms with E-state index in [-0.39, 0.29) is 17.9 Å². The highest BCUT2D eigenvalue weighted by Gasteiger charge is 2.27. The van der Waals surface area contributed by atoms with Gasteiger partial charge in [-0.1, -0.05) is 12.1 Å². The molecule has 1 aliphatic heterocycles. The van der Waals surface area contributed by atoms with Gasteiger partial charge >= 0.3 is 0 Å². The molecule has 0 aliphatic carbocycles. The summed E-state index contributed by atoms with van der Waals surface area (Å²) in [7, 11) is -2.82. The van der Waals surface area contributed by atoms with Crippen LogP contribution >= 0.6 is 0 Å². The summed E-state index contributed by atoms with van der Waals surface area (Å²) >= 11 is 0. The fraction of sp³-hybridized carbons (Fsp3) is 0.533. The SMILES string of the molecule is CC(=O)Nc1cccc(C(C)NCC2CCS(=O)(=O)C2)c1. The molecule has 1 saturated heterocycles. The van der Waals surface area contributed by atoms with E-state index in [2.05, 4.69) is 10.6 Å². The number of rotatable bonds is 5. The number of carbonyl (C=O) groups is 1. The number of sulfone groups is 1. The van der Waals surface area contributed by atoms with Crippen LogP contribution in [-0.4, -0.2) is 32.4 Å². The Labute approximate surface area is 126 Å². The van der Waals surface area contributed by atoms with Crippen LogP contribution in [0.3, 0.4) is 0 Å². The van der Waals surface area contributed by atoms with Crippen molar-refractivity contribution in [3.05, 3.63) is 29.8 Å². The third kappa shape index (κ3) is 4.82. The van der Waals surface area contributed by atoms with Gasteiger partial charge in [-0.25, -0.2) is 8.42 Å². The zero-order valence-corrected chi connectivity index (χ0v) is 13.2. The first-order valence-corrected chi connectivity index (χ1v) is 8.99. The third-order valence-electron chi connectivity index (χ3n) is 3.75. The normalized spacial score (nSPS) is 21.9. The van der Waals surface area contributed by atoms with Gasteiger partial charge in [0, 0.05) is 18.7 Å². The summed E-state index contributed by atoms with van der Waals surface area (Å²) in [4.78, 5) is 11.1. The molecular weight excluding hydrogens is 288 g/mol. The second-order valence-electron chi connectivity index (χ2n) is 5.71. The number of hydrogen-bond donors (Lipinski definition) is 2. The first-order chi connectivity index (χ1) is 9.85. The molecule has 1 fully saturated rings. The number of amides is 1. The van der Waals surface area contributed by atoms with Gasteiger partial charge in [0.2, 0.25) is 5.91 Å². The van der Waals surface area contributed by atoms with Gasteiger partial charge in [-0.15, -0.1) is 0 Å². The summed E-state index contributed by atoms with van der Waals surface area (Å²) < 4.78 is 22.9. The van der Waals surface area contributed by atoms with Crippen molar-refractivity contribution in [1.29, 1.82) is 0 Å². The topological polar surface area (TPSA) is 75.3 Å². The minimum Gasteiger partial charge on any atom is -0.326 e. The van der Waals surface area contributed by atoms with Crippen LogP contribution in [0.15, 0.2) is 24.3 Å². The smallest absolute Gasteiger partial charge is 0.221 e. The second kappa shape index (κ2) is 6.58. The Morgan fingerprint density at radius 3 is 2.81 bits per heavy atom. The molecule has 1 aromatic carbocycles. The molecule has 116 valence electrons. The van der Waals surface area contributed by atoms with E-state index in [9.17, 15) is 13.2 Å². The van der Waals surface area contributed by atoms with Crippen LogP contribution < -0.4 is 10.6 Å². The quantitative estimate of drug-likeness (QED) is 0.868. The lowest BCUT2D eigenvalue weighted by atomic mass is 10.1. The van der Waals surface area contributed by atoms with E-state index in [1.807, 2.05) is 31.2 Å². The first-order valence-electron chi connectivity index (χ1n) is 7.17. The number of hydrogen-bond acceptors (Lipinski definition) is 4. The molecule has 21 heavy (non-hydrogen) atoms. The lowest BCUT2D eigenvalue weighted by molar-refractivity contribution is -0.114. The molecule has 1 heterocycles. The Kier molecular flexibility index (Phi) is 5.00. The Morgan fingerprint density at radius 1 is 1.43 bits per heavy atom. The van der Waals surface area contributed by atoms with Gasteiger partial charge in [-0.05, 0) is 43.5 Å². The van der Waals surface area contributed by atoms with Crippen LogP contribution in [0.5, 0.6) is 0 Å². The predicted molar refractivity (Wildman–Crippen MR) is 83.9 cm³/mol. The molecule has 2 N–H and O–H groups in total. The van der Waals surface area contributed by atoms with E-state index in [1.165, 1.54) is 6.92 Å². The monoisotopic (exact) mass is 310 g/mol. The molecule has 0 spiro atoms. The number of benzene rings is 1. The highest BCUT2D eigenvalue weighted by Crippen LogP contribution is 2.21. The molecule has 5 nitrogen and oxygen atoms in total. The van der Waals surface area contributed by atoms with Crippen LogP contribution in [0, 0.1) is 5.92 Å². The summed E-state index contributed by atoms with van der Waals surface area (Å²) in [5, 5.41) is 6.14. The summed E-state index contributed by atoms with van der Waals surface area (Å²) in [6, 6.07) is 7.79. The summed E-state index contributed by atoms with van der Waals surface area (Å²) in [5.74, 6) is 0.713. The Balaban J connectivity index is 1.91. The van der Waals surface area contributed by atoms with Crippen molar-refractivity contribution in [1.82, 2.24) is 5.32 Å². The van der Waals surface area contributed by atoms with Gasteiger partial charge in [0.05, 0.1) is 11.5 Å². The van der Waals surface area contributed by atoms with Crippen LogP contribution in [0.2, 0.25) is 0 Å². The van der Waals surface area contributed by atoms with E-state index in [0.717, 1.165) is 17.7 Å². The van der Waals surface area contributed by atoms with Crippen molar-refractivity contribution in [2.45, 2.75) is 26.3 Å². The fourth-order valence-corrected chi connectivity index (χ4v) is 4.45. The lowest BCUT2D eigenvalue weighted by Crippen LogP contribution is -2.26. The standard InChI is InChI=1S/C15H22N2O3S/c1-11(16-9-13-6-7-21(19,20)10-13)14-4-3-5-15(8-14)17-12(2)18/h3-5,8,11,13,16H,6-7,9-10H2,1-2H3,(H,17,18). The maximum atomic E-state index is 11.4. The van der Waals surface area contributed by atoms with Gasteiger partial charge in [0.15, 0.2) is 9.84 Å². The van der Waals surface area contributed by atoms with E-state index in [4.69, 9.17) is 0 Å². The zero-order chi connectivity index (χ0) is 15.5. The minimum atomic E-state index is -2.82. The molecule has 0 bridgehead atoms. The number of carbonyl (C=O) groups excluding carboxylic acids is 1. The van der Waals surface area contributed by atoms with E-state index >= 15 is 0 Å². The zero-order valence-electron chi connectivity index (χ0n) is 12.4. The van der Waals surface area contributed by atoms with Gasteiger partial charge < -0.3 is 10.6 Å². The lowest BCUT2D eigenvalue weighted by Gasteiger charge is -2.17. The average Bonchev–Trinajstić information content (AvgIpc) is 2.75. The third-order valence-corrected chi connectivity index (χ3v) is 5.58. The minimum absolute atomic E-state index is 0.0936. The van der Waals surface area contributed by atoms with Crippen molar-refractivity contribution >= 4 is 21.4 Å². The molecular formula is C15H22N2O3S. The van der Waals surface area contributed by atoms with Crippen LogP contribution in [0.4, 0.5) is 5.69 Å². The largest absolute Gasteiger partial charge is 0.326 e. The van der Waals surface area contributed by atoms with Gasteiger partial charge in [-0.3, -0.25) is 4.79 Å². The van der Waals surface area contributed by atoms with E-state index in [0.29, 0.717) is 18.1 Å². The summed E-state index contributed by atoms with van der Waals surface area (Å²) in [6.07, 6.45) is 0.744. The second-order valence-corrected chi connectivity index (χ2v) is 7.93. The van der Waals surface area contributed by atoms with E-state index < -0.39 is 9.84 Å². The average molecular weight is 310 g/mol. The molecule has 1 aromatic rings. The van der Waals surface area contributed by atoms with Gasteiger partial charge in [0.1, 0.15) is 0 Å². The van der Waals surface area contributed by atoms with Crippen LogP contribution in [0.25, 0.3) is 0 Å². The van der Waals surface area contributed by atoms with Gasteiger partial charge in [0.25, 0.3) is 0 Å². The molecule has 6 heteroatoms. The molecule has 2 rings (SSSR count). The van der Waals surface area contributed by atoms with Crippen LogP contribution in [-0.2, 0) is 14.6 Å². The van der Waals surface area contributed by atoms with Crippen molar-refractivity contribution in [3.63, 3.8) is 0 Å². The molecule has 2 unspecified atom stereocenters. The summed E-state index contributed by atoms with van der Waals surface area (Å²) in [5.41, 5.74) is 1.85. The molecule has 0 saturated carbocycles. The number of nitrogens with one attached hydrogen (secondary N) is 2. The first kappa shape index (κ1) is 16.0. The van der Waals surface area contributed by atoms with Crippen LogP contribution in [0.1, 0.15) is 31.9 Å². The fourth-order valence-electron chi connectivity index (χ4n) is 2.58. The highest BCUT2D eigenvalue weighted by atomic mass is 32.2. The van der Waals surface area contributed by atoms with Crippen molar-refractivity contribution < 1.29 is 13.2 Å². The van der Waals surface area contributed by atoms with Crippen molar-refractivity contribution in [2.75, 3.05) is 23.4 Å². The van der Waals surface area contributed by atoms with Gasteiger partial charge in [-0.2, -0.15) is 0 Å². The molecule has 0 radical (unpaired) electrons. The van der Waals surface area contributed by atoms with E-state index in [1.54, 1.807) is 0 Å². The Bertz CT molecular complexity index is 613. The maximum absolute atomic E-state index is 11.4. The van der Waals surface area contributed by atoms with Crippen molar-refractivity contribution in [2.24, 2.45) is 5.92 Å². The van der Waals surface area contributed by atoms with Crippen molar-refractivity contribution in [3.8, 4) is 0 Å². The maximum Gasteiger partial charge on any atom is 0.221 e. The predicted octanol–water partition coefficient (Wildman–Crippen LogP) is 1.73.